The minimum absolute atomic E-state index is 0.234. The van der Waals surface area contributed by atoms with E-state index in [2.05, 4.69) is 9.72 Å². The highest BCUT2D eigenvalue weighted by Crippen LogP contribution is 2.34. The summed E-state index contributed by atoms with van der Waals surface area (Å²) in [6.07, 6.45) is 1.97. The van der Waals surface area contributed by atoms with Gasteiger partial charge in [0.2, 0.25) is 5.88 Å². The van der Waals surface area contributed by atoms with Crippen LogP contribution in [-0.2, 0) is 10.7 Å². The number of methoxy groups -OCH3 is 1. The molecule has 1 aromatic rings. The molecule has 0 aliphatic rings. The lowest BCUT2D eigenvalue weighted by atomic mass is 10.1. The largest absolute Gasteiger partial charge is 0.481 e. The van der Waals surface area contributed by atoms with Gasteiger partial charge in [0.05, 0.1) is 12.7 Å². The number of nitrogens with zero attached hydrogens (tertiary/aromatic N) is 1. The number of carboxylic acids is 1. The Balaban J connectivity index is 3.10. The van der Waals surface area contributed by atoms with Gasteiger partial charge in [-0.1, -0.05) is 0 Å². The summed E-state index contributed by atoms with van der Waals surface area (Å²) in [5.74, 6) is -5.11. The molecule has 1 heterocycles. The zero-order valence-corrected chi connectivity index (χ0v) is 8.35. The molecule has 86 valence electrons. The van der Waals surface area contributed by atoms with Crippen LogP contribution in [0.2, 0.25) is 0 Å². The number of carbonyl (C=O) groups is 1. The number of halogens is 2. The first kappa shape index (κ1) is 12.1. The van der Waals surface area contributed by atoms with Crippen molar-refractivity contribution in [1.29, 1.82) is 0 Å². The van der Waals surface area contributed by atoms with E-state index in [-0.39, 0.29) is 12.0 Å². The average Bonchev–Trinajstić information content (AvgIpc) is 2.26. The molecule has 4 nitrogen and oxygen atoms in total. The van der Waals surface area contributed by atoms with Crippen LogP contribution in [0.5, 0.6) is 5.88 Å². The van der Waals surface area contributed by atoms with Crippen LogP contribution in [0.15, 0.2) is 30.5 Å². The predicted octanol–water partition coefficient (Wildman–Crippen LogP) is 1.82. The summed E-state index contributed by atoms with van der Waals surface area (Å²) >= 11 is 0. The molecule has 0 aromatic carbocycles. The monoisotopic (exact) mass is 229 g/mol. The summed E-state index contributed by atoms with van der Waals surface area (Å²) in [5, 5.41) is 8.28. The van der Waals surface area contributed by atoms with Crippen molar-refractivity contribution in [3.63, 3.8) is 0 Å². The third-order valence-electron chi connectivity index (χ3n) is 1.76. The van der Waals surface area contributed by atoms with Gasteiger partial charge in [-0.15, -0.1) is 0 Å². The van der Waals surface area contributed by atoms with E-state index in [1.54, 1.807) is 0 Å². The van der Waals surface area contributed by atoms with Gasteiger partial charge < -0.3 is 9.84 Å². The van der Waals surface area contributed by atoms with E-state index in [9.17, 15) is 13.6 Å². The first-order valence-electron chi connectivity index (χ1n) is 4.27. The van der Waals surface area contributed by atoms with Gasteiger partial charge in [0.1, 0.15) is 0 Å². The van der Waals surface area contributed by atoms with E-state index in [1.165, 1.54) is 19.4 Å². The van der Waals surface area contributed by atoms with Crippen molar-refractivity contribution in [2.24, 2.45) is 0 Å². The number of allylic oxidation sites excluding steroid dienone is 1. The smallest absolute Gasteiger partial charge is 0.328 e. The van der Waals surface area contributed by atoms with E-state index >= 15 is 0 Å². The number of aromatic nitrogens is 1. The molecule has 0 aliphatic heterocycles. The van der Waals surface area contributed by atoms with Crippen molar-refractivity contribution in [1.82, 2.24) is 4.98 Å². The van der Waals surface area contributed by atoms with E-state index in [0.717, 1.165) is 6.07 Å². The highest BCUT2D eigenvalue weighted by molar-refractivity contribution is 5.79. The summed E-state index contributed by atoms with van der Waals surface area (Å²) in [6, 6.07) is 2.44. The molecule has 0 spiro atoms. The number of carboxylic acid groups (broad SMARTS) is 1. The topological polar surface area (TPSA) is 59.4 Å². The Morgan fingerprint density at radius 1 is 1.62 bits per heavy atom. The van der Waals surface area contributed by atoms with E-state index in [4.69, 9.17) is 5.11 Å². The molecule has 6 heteroatoms. The normalized spacial score (nSPS) is 11.7. The number of pyridine rings is 1. The molecule has 0 amide bonds. The number of alkyl halides is 2. The molecule has 16 heavy (non-hydrogen) atoms. The van der Waals surface area contributed by atoms with Gasteiger partial charge in [-0.05, 0) is 18.2 Å². The number of ether oxygens (including phenoxy) is 1. The maximum absolute atomic E-state index is 13.5. The lowest BCUT2D eigenvalue weighted by Crippen LogP contribution is -2.12. The second-order valence-corrected chi connectivity index (χ2v) is 2.85. The lowest BCUT2D eigenvalue weighted by Gasteiger charge is -2.14. The first-order valence-corrected chi connectivity index (χ1v) is 4.27. The van der Waals surface area contributed by atoms with Gasteiger partial charge in [-0.25, -0.2) is 9.78 Å². The van der Waals surface area contributed by atoms with Crippen LogP contribution in [0.4, 0.5) is 8.78 Å². The predicted molar refractivity (Wildman–Crippen MR) is 51.5 cm³/mol. The third kappa shape index (κ3) is 2.75. The standard InChI is InChI=1S/C10H9F2NO3/c1-16-9-7(3-2-6-13-9)10(11,12)5-4-8(14)15/h2-6H,1H3,(H,14,15)/b5-4+. The molecule has 0 bridgehead atoms. The minimum atomic E-state index is -3.43. The number of hydrogen-bond donors (Lipinski definition) is 1. The molecule has 0 fully saturated rings. The third-order valence-corrected chi connectivity index (χ3v) is 1.76. The number of aliphatic carboxylic acids is 1. The SMILES string of the molecule is COc1ncccc1C(F)(F)/C=C/C(=O)O. The molecular formula is C10H9F2NO3. The Morgan fingerprint density at radius 3 is 2.88 bits per heavy atom. The molecule has 0 aliphatic carbocycles. The summed E-state index contributed by atoms with van der Waals surface area (Å²) < 4.78 is 31.7. The maximum Gasteiger partial charge on any atom is 0.328 e. The fraction of sp³-hybridized carbons (Fsp3) is 0.200. The Labute approximate surface area is 90.2 Å². The Morgan fingerprint density at radius 2 is 2.31 bits per heavy atom. The second kappa shape index (κ2) is 4.69. The lowest BCUT2D eigenvalue weighted by molar-refractivity contribution is -0.131. The molecule has 0 atom stereocenters. The van der Waals surface area contributed by atoms with E-state index in [1.807, 2.05) is 0 Å². The van der Waals surface area contributed by atoms with Crippen LogP contribution in [0.1, 0.15) is 5.56 Å². The molecule has 0 saturated heterocycles. The fourth-order valence-electron chi connectivity index (χ4n) is 1.07. The number of rotatable bonds is 4. The molecule has 0 radical (unpaired) electrons. The van der Waals surface area contributed by atoms with Crippen LogP contribution < -0.4 is 4.74 Å². The van der Waals surface area contributed by atoms with Gasteiger partial charge in [0.15, 0.2) is 0 Å². The van der Waals surface area contributed by atoms with Crippen molar-refractivity contribution in [2.45, 2.75) is 5.92 Å². The molecule has 0 saturated carbocycles. The molecule has 1 N–H and O–H groups in total. The van der Waals surface area contributed by atoms with Crippen LogP contribution in [0, 0.1) is 0 Å². The van der Waals surface area contributed by atoms with Crippen LogP contribution >= 0.6 is 0 Å². The summed E-state index contributed by atoms with van der Waals surface area (Å²) in [6.45, 7) is 0. The highest BCUT2D eigenvalue weighted by atomic mass is 19.3. The van der Waals surface area contributed by atoms with Crippen molar-refractivity contribution >= 4 is 5.97 Å². The Kier molecular flexibility index (Phi) is 3.55. The second-order valence-electron chi connectivity index (χ2n) is 2.85. The van der Waals surface area contributed by atoms with Crippen molar-refractivity contribution in [2.75, 3.05) is 7.11 Å². The van der Waals surface area contributed by atoms with E-state index in [0.29, 0.717) is 6.08 Å². The molecule has 0 unspecified atom stereocenters. The fourth-order valence-corrected chi connectivity index (χ4v) is 1.07. The first-order chi connectivity index (χ1) is 7.47. The van der Waals surface area contributed by atoms with Gasteiger partial charge in [-0.2, -0.15) is 8.78 Å². The highest BCUT2D eigenvalue weighted by Gasteiger charge is 2.32. The minimum Gasteiger partial charge on any atom is -0.481 e. The van der Waals surface area contributed by atoms with Crippen LogP contribution in [-0.4, -0.2) is 23.2 Å². The summed E-state index contributed by atoms with van der Waals surface area (Å²) in [7, 11) is 1.21. The van der Waals surface area contributed by atoms with Crippen molar-refractivity contribution in [3.8, 4) is 5.88 Å². The number of hydrogen-bond acceptors (Lipinski definition) is 3. The van der Waals surface area contributed by atoms with Crippen molar-refractivity contribution in [3.05, 3.63) is 36.0 Å². The van der Waals surface area contributed by atoms with Gasteiger partial charge >= 0.3 is 5.97 Å². The van der Waals surface area contributed by atoms with Gasteiger partial charge in [-0.3, -0.25) is 0 Å². The molecular weight excluding hydrogens is 220 g/mol. The maximum atomic E-state index is 13.5. The van der Waals surface area contributed by atoms with Gasteiger partial charge in [0.25, 0.3) is 5.92 Å². The Hall–Kier alpha value is -1.98. The summed E-state index contributed by atoms with van der Waals surface area (Å²) in [4.78, 5) is 13.8. The zero-order chi connectivity index (χ0) is 12.2. The van der Waals surface area contributed by atoms with Crippen LogP contribution in [0.25, 0.3) is 0 Å². The van der Waals surface area contributed by atoms with Gasteiger partial charge in [0, 0.05) is 12.3 Å². The molecule has 1 aromatic heterocycles. The zero-order valence-electron chi connectivity index (χ0n) is 8.35. The molecule has 1 rings (SSSR count). The van der Waals surface area contributed by atoms with E-state index < -0.39 is 17.5 Å². The Bertz CT molecular complexity index is 418. The van der Waals surface area contributed by atoms with Crippen LogP contribution in [0.3, 0.4) is 0 Å². The quantitative estimate of drug-likeness (QED) is 0.800. The summed E-state index contributed by atoms with van der Waals surface area (Å²) in [5.41, 5.74) is -0.477. The average molecular weight is 229 g/mol. The van der Waals surface area contributed by atoms with Crippen molar-refractivity contribution < 1.29 is 23.4 Å².